The number of nitrogens with two attached hydrogens (primary N) is 1. The molecule has 2 saturated carbocycles. The summed E-state index contributed by atoms with van der Waals surface area (Å²) in [5.74, 6) is -4.95. The zero-order valence-corrected chi connectivity index (χ0v) is 22.7. The minimum absolute atomic E-state index is 0.0794. The van der Waals surface area contributed by atoms with Gasteiger partial charge in [-0.25, -0.2) is 8.78 Å². The highest BCUT2D eigenvalue weighted by atomic mass is 19.1. The van der Waals surface area contributed by atoms with Crippen LogP contribution in [0.3, 0.4) is 0 Å². The van der Waals surface area contributed by atoms with Crippen LogP contribution >= 0.6 is 0 Å². The van der Waals surface area contributed by atoms with E-state index in [1.165, 1.54) is 9.80 Å². The van der Waals surface area contributed by atoms with E-state index in [1.807, 2.05) is 0 Å². The molecule has 212 valence electrons. The van der Waals surface area contributed by atoms with Crippen LogP contribution in [-0.4, -0.2) is 48.2 Å². The zero-order valence-electron chi connectivity index (χ0n) is 22.7. The molecular formula is C30H34F2N4O4. The third kappa shape index (κ3) is 5.50. The van der Waals surface area contributed by atoms with Crippen LogP contribution in [0, 0.1) is 29.4 Å². The predicted molar refractivity (Wildman–Crippen MR) is 145 cm³/mol. The summed E-state index contributed by atoms with van der Waals surface area (Å²) < 4.78 is 27.3. The number of fused-ring (bicyclic) bond motifs is 1. The largest absolute Gasteiger partial charge is 0.346 e. The third-order valence-corrected chi connectivity index (χ3v) is 7.85. The molecule has 2 aromatic rings. The Labute approximate surface area is 231 Å². The molecule has 0 unspecified atom stereocenters. The Hall–Kier alpha value is -3.66. The zero-order chi connectivity index (χ0) is 28.8. The van der Waals surface area contributed by atoms with E-state index in [4.69, 9.17) is 5.73 Å². The monoisotopic (exact) mass is 552 g/mol. The molecule has 1 heterocycles. The van der Waals surface area contributed by atoms with E-state index in [0.717, 1.165) is 37.8 Å². The molecule has 3 N–H and O–H groups in total. The lowest BCUT2D eigenvalue weighted by atomic mass is 9.83. The van der Waals surface area contributed by atoms with Gasteiger partial charge in [0.1, 0.15) is 11.6 Å². The summed E-state index contributed by atoms with van der Waals surface area (Å²) in [5.41, 5.74) is 5.24. The normalized spacial score (nSPS) is 19.4. The van der Waals surface area contributed by atoms with Crippen molar-refractivity contribution in [2.24, 2.45) is 23.5 Å². The van der Waals surface area contributed by atoms with Crippen LogP contribution in [0.2, 0.25) is 0 Å². The van der Waals surface area contributed by atoms with E-state index >= 15 is 0 Å². The summed E-state index contributed by atoms with van der Waals surface area (Å²) in [7, 11) is 0. The van der Waals surface area contributed by atoms with Crippen molar-refractivity contribution in [2.75, 3.05) is 22.9 Å². The maximum absolute atomic E-state index is 14.2. The first-order valence-corrected chi connectivity index (χ1v) is 13.8. The molecule has 0 radical (unpaired) electrons. The van der Waals surface area contributed by atoms with E-state index in [9.17, 15) is 28.0 Å². The van der Waals surface area contributed by atoms with Gasteiger partial charge in [0.05, 0.1) is 23.8 Å². The van der Waals surface area contributed by atoms with Crippen molar-refractivity contribution in [1.29, 1.82) is 0 Å². The third-order valence-electron chi connectivity index (χ3n) is 7.85. The number of Topliss-reactive ketones (excluding diaryl/α,β-unsaturated/α-hetero) is 1. The van der Waals surface area contributed by atoms with Gasteiger partial charge < -0.3 is 20.9 Å². The van der Waals surface area contributed by atoms with E-state index < -0.39 is 59.1 Å². The van der Waals surface area contributed by atoms with Crippen LogP contribution in [0.25, 0.3) is 0 Å². The number of anilines is 2. The molecule has 8 nitrogen and oxygen atoms in total. The second-order valence-electron chi connectivity index (χ2n) is 11.6. The standard InChI is InChI=1S/C30H34F2N4O4/c1-17(2)26(34-25(37)13-20-11-21(31)14-22(32)12-20)27(38)30(33)28(39)35(15-18-7-8-18)23-5-3-4-6-24(23)36(29(30)40)16-19-9-10-19/h3-6,11-12,14,17-19,26H,7-10,13,15-16,33H2,1-2H3,(H,34,37)/t26-/m0/s1. The molecule has 0 aromatic heterocycles. The first-order valence-electron chi connectivity index (χ1n) is 13.8. The highest BCUT2D eigenvalue weighted by molar-refractivity contribution is 6.37. The molecule has 1 aliphatic heterocycles. The topological polar surface area (TPSA) is 113 Å². The molecule has 40 heavy (non-hydrogen) atoms. The fourth-order valence-electron chi connectivity index (χ4n) is 5.25. The number of para-hydroxylation sites is 2. The highest BCUT2D eigenvalue weighted by Crippen LogP contribution is 2.41. The molecule has 1 atom stereocenters. The number of hydrogen-bond acceptors (Lipinski definition) is 5. The fraction of sp³-hybridized carbons (Fsp3) is 0.467. The summed E-state index contributed by atoms with van der Waals surface area (Å²) >= 11 is 0. The van der Waals surface area contributed by atoms with Gasteiger partial charge in [-0.2, -0.15) is 0 Å². The lowest BCUT2D eigenvalue weighted by Crippen LogP contribution is -2.72. The van der Waals surface area contributed by atoms with Crippen LogP contribution in [0.4, 0.5) is 20.2 Å². The van der Waals surface area contributed by atoms with Gasteiger partial charge in [0.25, 0.3) is 11.8 Å². The Balaban J connectivity index is 1.49. The smallest absolute Gasteiger partial charge is 0.264 e. The number of benzene rings is 2. The number of nitrogens with zero attached hydrogens (tertiary/aromatic N) is 2. The van der Waals surface area contributed by atoms with Crippen LogP contribution in [0.5, 0.6) is 0 Å². The number of carbonyl (C=O) groups excluding carboxylic acids is 4. The maximum atomic E-state index is 14.2. The minimum atomic E-state index is -2.57. The molecular weight excluding hydrogens is 518 g/mol. The maximum Gasteiger partial charge on any atom is 0.264 e. The molecule has 0 spiro atoms. The van der Waals surface area contributed by atoms with Crippen molar-refractivity contribution in [1.82, 2.24) is 5.32 Å². The van der Waals surface area contributed by atoms with Crippen molar-refractivity contribution in [3.63, 3.8) is 0 Å². The van der Waals surface area contributed by atoms with Crippen LogP contribution < -0.4 is 20.9 Å². The van der Waals surface area contributed by atoms with Crippen molar-refractivity contribution >= 4 is 34.9 Å². The number of halogens is 2. The Morgan fingerprint density at radius 3 is 1.82 bits per heavy atom. The quantitative estimate of drug-likeness (QED) is 0.440. The van der Waals surface area contributed by atoms with Crippen LogP contribution in [0.1, 0.15) is 45.1 Å². The lowest BCUT2D eigenvalue weighted by Gasteiger charge is -2.34. The van der Waals surface area contributed by atoms with E-state index in [0.29, 0.717) is 30.5 Å². The molecule has 3 aliphatic rings. The first-order chi connectivity index (χ1) is 19.0. The Morgan fingerprint density at radius 2 is 1.40 bits per heavy atom. The molecule has 5 rings (SSSR count). The lowest BCUT2D eigenvalue weighted by molar-refractivity contribution is -0.144. The van der Waals surface area contributed by atoms with Crippen molar-refractivity contribution < 1.29 is 28.0 Å². The van der Waals surface area contributed by atoms with Gasteiger partial charge in [0.15, 0.2) is 5.78 Å². The number of ketones is 1. The van der Waals surface area contributed by atoms with Crippen molar-refractivity contribution in [3.05, 3.63) is 59.7 Å². The second kappa shape index (κ2) is 10.7. The summed E-state index contributed by atoms with van der Waals surface area (Å²) in [4.78, 5) is 58.5. The van der Waals surface area contributed by atoms with E-state index in [-0.39, 0.29) is 17.4 Å². The fourth-order valence-corrected chi connectivity index (χ4v) is 5.25. The van der Waals surface area contributed by atoms with Gasteiger partial charge in [-0.1, -0.05) is 26.0 Å². The molecule has 10 heteroatoms. The molecule has 0 saturated heterocycles. The van der Waals surface area contributed by atoms with Crippen LogP contribution in [-0.2, 0) is 25.6 Å². The van der Waals surface area contributed by atoms with Gasteiger partial charge in [-0.3, -0.25) is 19.2 Å². The number of nitrogens with one attached hydrogen (secondary N) is 1. The predicted octanol–water partition coefficient (Wildman–Crippen LogP) is 3.11. The number of rotatable bonds is 10. The average molecular weight is 553 g/mol. The Morgan fingerprint density at radius 1 is 0.925 bits per heavy atom. The van der Waals surface area contributed by atoms with Crippen LogP contribution in [0.15, 0.2) is 42.5 Å². The van der Waals surface area contributed by atoms with Gasteiger partial charge in [-0.05, 0) is 73.3 Å². The Kier molecular flexibility index (Phi) is 7.48. The molecule has 2 aliphatic carbocycles. The number of amides is 3. The average Bonchev–Trinajstić information content (AvgIpc) is 3.82. The van der Waals surface area contributed by atoms with E-state index in [2.05, 4.69) is 5.32 Å². The first kappa shape index (κ1) is 27.9. The van der Waals surface area contributed by atoms with E-state index in [1.54, 1.807) is 38.1 Å². The SMILES string of the molecule is CC(C)[C@H](NC(=O)Cc1cc(F)cc(F)c1)C(=O)C1(N)C(=O)N(CC2CC2)c2ccccc2N(CC2CC2)C1=O. The Bertz CT molecular complexity index is 1280. The summed E-state index contributed by atoms with van der Waals surface area (Å²) in [5, 5.41) is 2.59. The number of carbonyl (C=O) groups is 4. The van der Waals surface area contributed by atoms with Gasteiger partial charge in [-0.15, -0.1) is 0 Å². The molecule has 2 fully saturated rings. The summed E-state index contributed by atoms with van der Waals surface area (Å²) in [6.07, 6.45) is 3.33. The minimum Gasteiger partial charge on any atom is -0.346 e. The highest BCUT2D eigenvalue weighted by Gasteiger charge is 2.58. The summed E-state index contributed by atoms with van der Waals surface area (Å²) in [6.45, 7) is 3.99. The van der Waals surface area contributed by atoms with Crippen molar-refractivity contribution in [2.45, 2.75) is 57.5 Å². The van der Waals surface area contributed by atoms with Crippen molar-refractivity contribution in [3.8, 4) is 0 Å². The van der Waals surface area contributed by atoms with Gasteiger partial charge >= 0.3 is 0 Å². The molecule has 2 aromatic carbocycles. The van der Waals surface area contributed by atoms with Gasteiger partial charge in [0, 0.05) is 19.2 Å². The number of hydrogen-bond donors (Lipinski definition) is 2. The summed E-state index contributed by atoms with van der Waals surface area (Å²) in [6, 6.07) is 8.55. The second-order valence-corrected chi connectivity index (χ2v) is 11.6. The molecule has 0 bridgehead atoms. The molecule has 3 amide bonds. The van der Waals surface area contributed by atoms with Gasteiger partial charge in [0.2, 0.25) is 11.4 Å².